The van der Waals surface area contributed by atoms with Crippen molar-refractivity contribution in [2.45, 2.75) is 25.5 Å². The van der Waals surface area contributed by atoms with Gasteiger partial charge in [-0.25, -0.2) is 0 Å². The zero-order chi connectivity index (χ0) is 19.8. The van der Waals surface area contributed by atoms with E-state index in [1.165, 1.54) is 11.1 Å². The molecular formula is C21H22ClN3O2S. The van der Waals surface area contributed by atoms with Gasteiger partial charge in [0.15, 0.2) is 0 Å². The molecule has 146 valence electrons. The van der Waals surface area contributed by atoms with Gasteiger partial charge in [0, 0.05) is 41.5 Å². The fourth-order valence-electron chi connectivity index (χ4n) is 2.52. The van der Waals surface area contributed by atoms with Crippen LogP contribution in [-0.2, 0) is 17.0 Å². The molecule has 3 rings (SSSR count). The van der Waals surface area contributed by atoms with Gasteiger partial charge in [-0.3, -0.25) is 4.79 Å². The third kappa shape index (κ3) is 6.39. The predicted octanol–water partition coefficient (Wildman–Crippen LogP) is 4.68. The summed E-state index contributed by atoms with van der Waals surface area (Å²) in [5.74, 6) is 2.77. The van der Waals surface area contributed by atoms with Crippen LogP contribution in [0.5, 0.6) is 0 Å². The van der Waals surface area contributed by atoms with Crippen molar-refractivity contribution in [3.63, 3.8) is 0 Å². The molecule has 1 N–H and O–H groups in total. The molecule has 0 bridgehead atoms. The Balaban J connectivity index is 1.33. The highest BCUT2D eigenvalue weighted by molar-refractivity contribution is 7.98. The first-order valence-corrected chi connectivity index (χ1v) is 10.6. The summed E-state index contributed by atoms with van der Waals surface area (Å²) in [6.45, 7) is 2.73. The quantitative estimate of drug-likeness (QED) is 0.514. The maximum Gasteiger partial charge on any atom is 0.227 e. The van der Waals surface area contributed by atoms with Crippen LogP contribution in [0, 0.1) is 6.92 Å². The first-order valence-electron chi connectivity index (χ1n) is 9.08. The van der Waals surface area contributed by atoms with Gasteiger partial charge in [-0.2, -0.15) is 16.7 Å². The van der Waals surface area contributed by atoms with Crippen molar-refractivity contribution in [1.29, 1.82) is 0 Å². The summed E-state index contributed by atoms with van der Waals surface area (Å²) < 4.78 is 5.22. The topological polar surface area (TPSA) is 68.0 Å². The molecule has 7 heteroatoms. The molecule has 0 aliphatic heterocycles. The Morgan fingerprint density at radius 2 is 1.89 bits per heavy atom. The number of thioether (sulfide) groups is 1. The molecule has 0 atom stereocenters. The number of aryl methyl sites for hydroxylation is 2. The summed E-state index contributed by atoms with van der Waals surface area (Å²) in [6, 6.07) is 15.7. The highest BCUT2D eigenvalue weighted by Gasteiger charge is 2.10. The molecule has 0 radical (unpaired) electrons. The van der Waals surface area contributed by atoms with Gasteiger partial charge < -0.3 is 9.84 Å². The van der Waals surface area contributed by atoms with E-state index in [4.69, 9.17) is 16.1 Å². The van der Waals surface area contributed by atoms with E-state index >= 15 is 0 Å². The Kier molecular flexibility index (Phi) is 7.51. The predicted molar refractivity (Wildman–Crippen MR) is 113 cm³/mol. The average Bonchev–Trinajstić information content (AvgIpc) is 3.17. The number of amides is 1. The van der Waals surface area contributed by atoms with E-state index in [1.807, 2.05) is 12.1 Å². The molecular weight excluding hydrogens is 394 g/mol. The lowest BCUT2D eigenvalue weighted by molar-refractivity contribution is -0.121. The van der Waals surface area contributed by atoms with Gasteiger partial charge in [0.2, 0.25) is 17.6 Å². The second-order valence-electron chi connectivity index (χ2n) is 6.41. The number of nitrogens with one attached hydrogen (secondary N) is 1. The van der Waals surface area contributed by atoms with Crippen LogP contribution >= 0.6 is 23.4 Å². The Hall–Kier alpha value is -2.31. The SMILES string of the molecule is Cc1ccc(CSCCNC(=O)CCc2nc(-c3ccc(Cl)cc3)no2)cc1. The van der Waals surface area contributed by atoms with Crippen molar-refractivity contribution in [3.8, 4) is 11.4 Å². The van der Waals surface area contributed by atoms with Gasteiger partial charge in [-0.1, -0.05) is 46.6 Å². The third-order valence-electron chi connectivity index (χ3n) is 4.09. The molecule has 0 unspecified atom stereocenters. The van der Waals surface area contributed by atoms with Crippen molar-refractivity contribution in [3.05, 3.63) is 70.6 Å². The third-order valence-corrected chi connectivity index (χ3v) is 5.38. The number of carbonyl (C=O) groups excluding carboxylic acids is 1. The summed E-state index contributed by atoms with van der Waals surface area (Å²) in [5, 5.41) is 7.53. The average molecular weight is 416 g/mol. The lowest BCUT2D eigenvalue weighted by Crippen LogP contribution is -2.25. The number of hydrogen-bond acceptors (Lipinski definition) is 5. The van der Waals surface area contributed by atoms with Crippen molar-refractivity contribution in [1.82, 2.24) is 15.5 Å². The maximum absolute atomic E-state index is 12.0. The van der Waals surface area contributed by atoms with Gasteiger partial charge in [0.1, 0.15) is 0 Å². The summed E-state index contributed by atoms with van der Waals surface area (Å²) in [5.41, 5.74) is 3.40. The fraction of sp³-hybridized carbons (Fsp3) is 0.286. The van der Waals surface area contributed by atoms with E-state index in [9.17, 15) is 4.79 Å². The van der Waals surface area contributed by atoms with Crippen LogP contribution in [0.15, 0.2) is 53.1 Å². The second kappa shape index (κ2) is 10.3. The molecule has 2 aromatic carbocycles. The van der Waals surface area contributed by atoms with E-state index in [0.717, 1.165) is 17.1 Å². The number of nitrogens with zero attached hydrogens (tertiary/aromatic N) is 2. The van der Waals surface area contributed by atoms with Crippen LogP contribution in [-0.4, -0.2) is 28.3 Å². The van der Waals surface area contributed by atoms with Crippen LogP contribution in [0.2, 0.25) is 5.02 Å². The highest BCUT2D eigenvalue weighted by atomic mass is 35.5. The van der Waals surface area contributed by atoms with E-state index in [1.54, 1.807) is 23.9 Å². The van der Waals surface area contributed by atoms with Crippen molar-refractivity contribution in [2.24, 2.45) is 0 Å². The minimum atomic E-state index is -0.0119. The Bertz CT molecular complexity index is 895. The normalized spacial score (nSPS) is 10.8. The minimum absolute atomic E-state index is 0.0119. The second-order valence-corrected chi connectivity index (χ2v) is 7.95. The fourth-order valence-corrected chi connectivity index (χ4v) is 3.46. The Morgan fingerprint density at radius 3 is 2.64 bits per heavy atom. The number of rotatable bonds is 9. The zero-order valence-electron chi connectivity index (χ0n) is 15.7. The Labute approximate surface area is 173 Å². The highest BCUT2D eigenvalue weighted by Crippen LogP contribution is 2.19. The monoisotopic (exact) mass is 415 g/mol. The minimum Gasteiger partial charge on any atom is -0.355 e. The molecule has 28 heavy (non-hydrogen) atoms. The number of halogens is 1. The molecule has 0 fully saturated rings. The zero-order valence-corrected chi connectivity index (χ0v) is 17.2. The van der Waals surface area contributed by atoms with Gasteiger partial charge in [0.05, 0.1) is 0 Å². The van der Waals surface area contributed by atoms with E-state index < -0.39 is 0 Å². The van der Waals surface area contributed by atoms with Crippen LogP contribution in [0.3, 0.4) is 0 Å². The largest absolute Gasteiger partial charge is 0.355 e. The first kappa shape index (κ1) is 20.4. The number of benzene rings is 2. The summed E-state index contributed by atoms with van der Waals surface area (Å²) in [7, 11) is 0. The summed E-state index contributed by atoms with van der Waals surface area (Å²) >= 11 is 7.68. The molecule has 0 saturated heterocycles. The number of aromatic nitrogens is 2. The van der Waals surface area contributed by atoms with Crippen LogP contribution < -0.4 is 5.32 Å². The van der Waals surface area contributed by atoms with Gasteiger partial charge in [0.25, 0.3) is 0 Å². The lowest BCUT2D eigenvalue weighted by Gasteiger charge is -2.05. The van der Waals surface area contributed by atoms with Crippen molar-refractivity contribution < 1.29 is 9.32 Å². The molecule has 5 nitrogen and oxygen atoms in total. The van der Waals surface area contributed by atoms with Gasteiger partial charge in [-0.15, -0.1) is 0 Å². The van der Waals surface area contributed by atoms with Gasteiger partial charge >= 0.3 is 0 Å². The Morgan fingerprint density at radius 1 is 1.14 bits per heavy atom. The molecule has 0 saturated carbocycles. The molecule has 0 spiro atoms. The molecule has 0 aliphatic rings. The van der Waals surface area contributed by atoms with Crippen LogP contribution in [0.25, 0.3) is 11.4 Å². The lowest BCUT2D eigenvalue weighted by atomic mass is 10.2. The van der Waals surface area contributed by atoms with Crippen LogP contribution in [0.1, 0.15) is 23.4 Å². The van der Waals surface area contributed by atoms with E-state index in [2.05, 4.69) is 46.6 Å². The van der Waals surface area contributed by atoms with Crippen molar-refractivity contribution in [2.75, 3.05) is 12.3 Å². The standard InChI is InChI=1S/C21H22ClN3O2S/c1-15-2-4-16(5-3-15)14-28-13-12-23-19(26)10-11-20-24-21(25-27-20)17-6-8-18(22)9-7-17/h2-9H,10-14H2,1H3,(H,23,26). The first-order chi connectivity index (χ1) is 13.6. The molecule has 1 heterocycles. The summed E-state index contributed by atoms with van der Waals surface area (Å²) in [6.07, 6.45) is 0.744. The molecule has 1 aromatic heterocycles. The van der Waals surface area contributed by atoms with Crippen LogP contribution in [0.4, 0.5) is 0 Å². The van der Waals surface area contributed by atoms with Gasteiger partial charge in [-0.05, 0) is 36.8 Å². The molecule has 3 aromatic rings. The van der Waals surface area contributed by atoms with Crippen molar-refractivity contribution >= 4 is 29.3 Å². The molecule has 0 aliphatic carbocycles. The number of carbonyl (C=O) groups is 1. The summed E-state index contributed by atoms with van der Waals surface area (Å²) in [4.78, 5) is 16.3. The van der Waals surface area contributed by atoms with E-state index in [0.29, 0.717) is 36.1 Å². The maximum atomic E-state index is 12.0. The van der Waals surface area contributed by atoms with E-state index in [-0.39, 0.29) is 5.91 Å². The molecule has 1 amide bonds. The smallest absolute Gasteiger partial charge is 0.227 e. The number of hydrogen-bond donors (Lipinski definition) is 1.